The van der Waals surface area contributed by atoms with Crippen LogP contribution in [0.25, 0.3) is 0 Å². The summed E-state index contributed by atoms with van der Waals surface area (Å²) >= 11 is 0. The van der Waals surface area contributed by atoms with E-state index in [0.29, 0.717) is 12.1 Å². The molecular formula is C21H31N3O. The van der Waals surface area contributed by atoms with E-state index in [1.807, 2.05) is 4.90 Å². The number of hydrogen-bond donors (Lipinski definition) is 0. The van der Waals surface area contributed by atoms with Gasteiger partial charge in [-0.15, -0.1) is 0 Å². The summed E-state index contributed by atoms with van der Waals surface area (Å²) < 4.78 is 0. The molecule has 1 amide bonds. The van der Waals surface area contributed by atoms with Crippen LogP contribution in [0.4, 0.5) is 0 Å². The Morgan fingerprint density at radius 3 is 2.44 bits per heavy atom. The lowest BCUT2D eigenvalue weighted by atomic mass is 9.94. The Hall–Kier alpha value is -1.39. The normalized spacial score (nSPS) is 28.9. The zero-order valence-electron chi connectivity index (χ0n) is 15.4. The third kappa shape index (κ3) is 3.90. The van der Waals surface area contributed by atoms with Gasteiger partial charge in [-0.2, -0.15) is 0 Å². The van der Waals surface area contributed by atoms with Crippen molar-refractivity contribution in [2.24, 2.45) is 5.92 Å². The second kappa shape index (κ2) is 7.46. The predicted octanol–water partition coefficient (Wildman–Crippen LogP) is 2.59. The van der Waals surface area contributed by atoms with Crippen molar-refractivity contribution in [1.82, 2.24) is 14.7 Å². The molecule has 2 bridgehead atoms. The highest BCUT2D eigenvalue weighted by atomic mass is 16.2. The van der Waals surface area contributed by atoms with Gasteiger partial charge in [-0.25, -0.2) is 0 Å². The summed E-state index contributed by atoms with van der Waals surface area (Å²) in [6, 6.07) is 12.3. The molecule has 4 fully saturated rings. The third-order valence-electron chi connectivity index (χ3n) is 6.51. The first-order chi connectivity index (χ1) is 12.2. The molecule has 0 saturated carbocycles. The van der Waals surface area contributed by atoms with Crippen LogP contribution in [0, 0.1) is 5.92 Å². The molecule has 0 spiro atoms. The Balaban J connectivity index is 1.39. The maximum atomic E-state index is 11.6. The average Bonchev–Trinajstić information content (AvgIpc) is 2.94. The fourth-order valence-electron chi connectivity index (χ4n) is 5.07. The van der Waals surface area contributed by atoms with Crippen LogP contribution >= 0.6 is 0 Å². The summed E-state index contributed by atoms with van der Waals surface area (Å²) in [5.41, 5.74) is 1.44. The molecule has 136 valence electrons. The van der Waals surface area contributed by atoms with E-state index >= 15 is 0 Å². The number of nitrogens with zero attached hydrogens (tertiary/aromatic N) is 3. The van der Waals surface area contributed by atoms with Crippen LogP contribution in [0.1, 0.15) is 38.2 Å². The van der Waals surface area contributed by atoms with E-state index < -0.39 is 0 Å². The summed E-state index contributed by atoms with van der Waals surface area (Å²) in [5, 5.41) is 0. The number of carbonyl (C=O) groups is 1. The highest BCUT2D eigenvalue weighted by Crippen LogP contribution is 2.31. The van der Waals surface area contributed by atoms with E-state index in [2.05, 4.69) is 40.1 Å². The smallest absolute Gasteiger partial charge is 0.219 e. The fourth-order valence-corrected chi connectivity index (χ4v) is 5.07. The van der Waals surface area contributed by atoms with Crippen LogP contribution in [0.5, 0.6) is 0 Å². The Labute approximate surface area is 151 Å². The van der Waals surface area contributed by atoms with Gasteiger partial charge in [0.15, 0.2) is 0 Å². The predicted molar refractivity (Wildman–Crippen MR) is 100 cm³/mol. The maximum absolute atomic E-state index is 11.6. The first-order valence-electron chi connectivity index (χ1n) is 9.96. The number of piperidine rings is 2. The van der Waals surface area contributed by atoms with Crippen LogP contribution in [-0.2, 0) is 11.3 Å². The van der Waals surface area contributed by atoms with Crippen LogP contribution in [0.15, 0.2) is 30.3 Å². The van der Waals surface area contributed by atoms with Crippen LogP contribution in [-0.4, -0.2) is 65.4 Å². The van der Waals surface area contributed by atoms with Crippen LogP contribution < -0.4 is 0 Å². The van der Waals surface area contributed by atoms with Crippen LogP contribution in [0.2, 0.25) is 0 Å². The lowest BCUT2D eigenvalue weighted by Gasteiger charge is -2.39. The van der Waals surface area contributed by atoms with Crippen molar-refractivity contribution in [2.75, 3.05) is 32.7 Å². The Morgan fingerprint density at radius 1 is 0.960 bits per heavy atom. The van der Waals surface area contributed by atoms with E-state index in [4.69, 9.17) is 0 Å². The van der Waals surface area contributed by atoms with Crippen molar-refractivity contribution in [3.63, 3.8) is 0 Å². The quantitative estimate of drug-likeness (QED) is 0.845. The van der Waals surface area contributed by atoms with Gasteiger partial charge in [0.25, 0.3) is 0 Å². The van der Waals surface area contributed by atoms with Crippen molar-refractivity contribution >= 4 is 5.91 Å². The van der Waals surface area contributed by atoms with Gasteiger partial charge in [0, 0.05) is 58.3 Å². The van der Waals surface area contributed by atoms with Gasteiger partial charge in [-0.3, -0.25) is 14.6 Å². The van der Waals surface area contributed by atoms with Crippen molar-refractivity contribution in [2.45, 2.75) is 51.2 Å². The molecule has 0 N–H and O–H groups in total. The van der Waals surface area contributed by atoms with Gasteiger partial charge in [-0.05, 0) is 37.2 Å². The minimum Gasteiger partial charge on any atom is -0.343 e. The van der Waals surface area contributed by atoms with E-state index in [9.17, 15) is 4.79 Å². The Morgan fingerprint density at radius 2 is 1.72 bits per heavy atom. The molecule has 25 heavy (non-hydrogen) atoms. The van der Waals surface area contributed by atoms with E-state index in [0.717, 1.165) is 38.4 Å². The van der Waals surface area contributed by atoms with Gasteiger partial charge in [0.2, 0.25) is 5.91 Å². The van der Waals surface area contributed by atoms with E-state index in [1.165, 1.54) is 38.0 Å². The third-order valence-corrected chi connectivity index (χ3v) is 6.51. The van der Waals surface area contributed by atoms with Gasteiger partial charge < -0.3 is 4.90 Å². The second-order valence-corrected chi connectivity index (χ2v) is 8.20. The first-order valence-corrected chi connectivity index (χ1v) is 9.96. The molecule has 4 saturated heterocycles. The molecule has 4 aliphatic rings. The topological polar surface area (TPSA) is 26.8 Å². The molecule has 2 atom stereocenters. The number of hydrogen-bond acceptors (Lipinski definition) is 3. The highest BCUT2D eigenvalue weighted by Gasteiger charge is 2.37. The number of amides is 1. The zero-order valence-corrected chi connectivity index (χ0v) is 15.4. The number of benzene rings is 1. The Kier molecular flexibility index (Phi) is 5.09. The molecule has 0 unspecified atom stereocenters. The molecule has 4 heteroatoms. The number of carbonyl (C=O) groups excluding carboxylic acids is 1. The molecule has 0 aliphatic carbocycles. The van der Waals surface area contributed by atoms with Gasteiger partial charge in [0.05, 0.1) is 0 Å². The Bertz CT molecular complexity index is 582. The molecule has 4 heterocycles. The average molecular weight is 341 g/mol. The first kappa shape index (κ1) is 17.0. The summed E-state index contributed by atoms with van der Waals surface area (Å²) in [4.78, 5) is 19.1. The van der Waals surface area contributed by atoms with Crippen molar-refractivity contribution in [3.05, 3.63) is 35.9 Å². The highest BCUT2D eigenvalue weighted by molar-refractivity contribution is 5.73. The lowest BCUT2D eigenvalue weighted by molar-refractivity contribution is -0.130. The van der Waals surface area contributed by atoms with Gasteiger partial charge in [-0.1, -0.05) is 30.3 Å². The summed E-state index contributed by atoms with van der Waals surface area (Å²) in [6.45, 7) is 8.41. The minimum absolute atomic E-state index is 0.239. The molecular weight excluding hydrogens is 310 g/mol. The van der Waals surface area contributed by atoms with Crippen molar-refractivity contribution in [3.8, 4) is 0 Å². The number of likely N-dealkylation sites (tertiary alicyclic amines) is 1. The summed E-state index contributed by atoms with van der Waals surface area (Å²) in [5.74, 6) is 1.05. The molecule has 5 rings (SSSR count). The van der Waals surface area contributed by atoms with E-state index in [-0.39, 0.29) is 5.91 Å². The number of fused-ring (bicyclic) bond motifs is 4. The maximum Gasteiger partial charge on any atom is 0.219 e. The van der Waals surface area contributed by atoms with Crippen LogP contribution in [0.3, 0.4) is 0 Å². The zero-order chi connectivity index (χ0) is 17.2. The van der Waals surface area contributed by atoms with Gasteiger partial charge >= 0.3 is 0 Å². The van der Waals surface area contributed by atoms with Gasteiger partial charge in [0.1, 0.15) is 0 Å². The molecule has 4 aliphatic heterocycles. The molecule has 1 aromatic rings. The SMILES string of the molecule is CC(=O)N1CCC(N2C[C@@H]3CC[C@H](C2)N(Cc2ccccc2)C3)CC1. The minimum atomic E-state index is 0.239. The standard InChI is InChI=1S/C21H31N3O/c1-17(25)22-11-9-20(10-12-22)24-15-19-7-8-21(16-24)23(14-19)13-18-5-3-2-4-6-18/h2-6,19-21H,7-16H2,1H3/t19-,21-/m1/s1. The summed E-state index contributed by atoms with van der Waals surface area (Å²) in [6.07, 6.45) is 5.04. The monoisotopic (exact) mass is 341 g/mol. The van der Waals surface area contributed by atoms with E-state index in [1.54, 1.807) is 6.92 Å². The molecule has 1 aromatic carbocycles. The molecule has 0 aromatic heterocycles. The molecule has 0 radical (unpaired) electrons. The number of rotatable bonds is 3. The second-order valence-electron chi connectivity index (χ2n) is 8.20. The van der Waals surface area contributed by atoms with Crippen molar-refractivity contribution < 1.29 is 4.79 Å². The van der Waals surface area contributed by atoms with Crippen molar-refractivity contribution in [1.29, 1.82) is 0 Å². The lowest BCUT2D eigenvalue weighted by Crippen LogP contribution is -2.48. The summed E-state index contributed by atoms with van der Waals surface area (Å²) in [7, 11) is 0. The largest absolute Gasteiger partial charge is 0.343 e. The fraction of sp³-hybridized carbons (Fsp3) is 0.667. The molecule has 4 nitrogen and oxygen atoms in total.